The van der Waals surface area contributed by atoms with Crippen LogP contribution in [0.15, 0.2) is 45.3 Å². The molecule has 1 heterocycles. The Morgan fingerprint density at radius 1 is 1.10 bits per heavy atom. The smallest absolute Gasteiger partial charge is 0.189 e. The fourth-order valence-corrected chi connectivity index (χ4v) is 3.27. The lowest BCUT2D eigenvalue weighted by atomic mass is 10.1. The first-order chi connectivity index (χ1) is 10.1. The molecule has 0 unspecified atom stereocenters. The summed E-state index contributed by atoms with van der Waals surface area (Å²) in [5.41, 5.74) is 7.43. The molecule has 3 rings (SSSR count). The van der Waals surface area contributed by atoms with Gasteiger partial charge < -0.3 is 5.73 Å². The zero-order valence-electron chi connectivity index (χ0n) is 10.5. The molecule has 0 radical (unpaired) electrons. The molecule has 0 fully saturated rings. The predicted molar refractivity (Wildman–Crippen MR) is 84.4 cm³/mol. The Bertz CT molecular complexity index is 798. The van der Waals surface area contributed by atoms with Crippen molar-refractivity contribution in [2.45, 2.75) is 0 Å². The first-order valence-electron chi connectivity index (χ1n) is 5.86. The molecule has 0 atom stereocenters. The monoisotopic (exact) mass is 411 g/mol. The van der Waals surface area contributed by atoms with Crippen molar-refractivity contribution < 1.29 is 4.39 Å². The first kappa shape index (κ1) is 14.2. The molecule has 8 heteroatoms. The lowest BCUT2D eigenvalue weighted by Gasteiger charge is -2.10. The molecule has 5 nitrogen and oxygen atoms in total. The number of tetrazole rings is 1. The molecule has 0 aliphatic rings. The molecule has 106 valence electrons. The highest BCUT2D eigenvalue weighted by Gasteiger charge is 2.17. The van der Waals surface area contributed by atoms with Crippen LogP contribution in [0.25, 0.3) is 17.1 Å². The molecule has 0 aliphatic heterocycles. The number of para-hydroxylation sites is 1. The second-order valence-corrected chi connectivity index (χ2v) is 5.92. The number of aromatic nitrogens is 4. The van der Waals surface area contributed by atoms with E-state index in [0.717, 1.165) is 14.6 Å². The van der Waals surface area contributed by atoms with Crippen LogP contribution in [0.3, 0.4) is 0 Å². The van der Waals surface area contributed by atoms with E-state index >= 15 is 0 Å². The average Bonchev–Trinajstić information content (AvgIpc) is 2.87. The van der Waals surface area contributed by atoms with Crippen molar-refractivity contribution in [2.75, 3.05) is 5.73 Å². The van der Waals surface area contributed by atoms with Crippen molar-refractivity contribution in [3.8, 4) is 17.1 Å². The van der Waals surface area contributed by atoms with Gasteiger partial charge in [-0.3, -0.25) is 0 Å². The van der Waals surface area contributed by atoms with Gasteiger partial charge in [0.1, 0.15) is 5.82 Å². The quantitative estimate of drug-likeness (QED) is 0.653. The highest BCUT2D eigenvalue weighted by molar-refractivity contribution is 9.11. The SMILES string of the molecule is Nc1cc(F)ccc1-c1nnnn1-c1c(Br)cccc1Br. The maximum Gasteiger partial charge on any atom is 0.189 e. The molecule has 0 aliphatic carbocycles. The van der Waals surface area contributed by atoms with Gasteiger partial charge in [0.15, 0.2) is 5.82 Å². The number of halogens is 3. The number of nitrogens with two attached hydrogens (primary N) is 1. The highest BCUT2D eigenvalue weighted by Crippen LogP contribution is 2.32. The number of nitrogens with zero attached hydrogens (tertiary/aromatic N) is 4. The molecule has 2 aromatic carbocycles. The molecule has 0 saturated heterocycles. The van der Waals surface area contributed by atoms with Crippen LogP contribution < -0.4 is 5.73 Å². The number of anilines is 1. The minimum absolute atomic E-state index is 0.272. The van der Waals surface area contributed by atoms with Crippen LogP contribution in [0, 0.1) is 5.82 Å². The lowest BCUT2D eigenvalue weighted by Crippen LogP contribution is -2.03. The van der Waals surface area contributed by atoms with E-state index in [1.54, 1.807) is 6.07 Å². The van der Waals surface area contributed by atoms with E-state index in [-0.39, 0.29) is 5.69 Å². The molecule has 3 aromatic rings. The van der Waals surface area contributed by atoms with Crippen LogP contribution in [-0.2, 0) is 0 Å². The van der Waals surface area contributed by atoms with Gasteiger partial charge in [0, 0.05) is 20.2 Å². The van der Waals surface area contributed by atoms with Crippen molar-refractivity contribution >= 4 is 37.5 Å². The minimum Gasteiger partial charge on any atom is -0.398 e. The molecule has 2 N–H and O–H groups in total. The number of nitrogen functional groups attached to an aromatic ring is 1. The second-order valence-electron chi connectivity index (χ2n) is 4.22. The molecule has 0 spiro atoms. The van der Waals surface area contributed by atoms with Crippen molar-refractivity contribution in [3.05, 3.63) is 51.2 Å². The Morgan fingerprint density at radius 3 is 2.48 bits per heavy atom. The van der Waals surface area contributed by atoms with E-state index < -0.39 is 5.82 Å². The normalized spacial score (nSPS) is 10.8. The summed E-state index contributed by atoms with van der Waals surface area (Å²) >= 11 is 6.94. The number of hydrogen-bond donors (Lipinski definition) is 1. The van der Waals surface area contributed by atoms with Gasteiger partial charge >= 0.3 is 0 Å². The summed E-state index contributed by atoms with van der Waals surface area (Å²) in [7, 11) is 0. The third-order valence-corrected chi connectivity index (χ3v) is 4.15. The summed E-state index contributed by atoms with van der Waals surface area (Å²) in [5.74, 6) is 0.0254. The van der Waals surface area contributed by atoms with E-state index in [2.05, 4.69) is 47.4 Å². The molecular weight excluding hydrogens is 405 g/mol. The minimum atomic E-state index is -0.405. The maximum absolute atomic E-state index is 13.2. The third-order valence-electron chi connectivity index (χ3n) is 2.87. The summed E-state index contributed by atoms with van der Waals surface area (Å²) in [6.07, 6.45) is 0. The molecule has 1 aromatic heterocycles. The fraction of sp³-hybridized carbons (Fsp3) is 0. The van der Waals surface area contributed by atoms with E-state index in [1.807, 2.05) is 18.2 Å². The van der Waals surface area contributed by atoms with Gasteiger partial charge in [0.25, 0.3) is 0 Å². The Balaban J connectivity index is 2.22. The van der Waals surface area contributed by atoms with Crippen molar-refractivity contribution in [3.63, 3.8) is 0 Å². The lowest BCUT2D eigenvalue weighted by molar-refractivity contribution is 0.628. The molecule has 21 heavy (non-hydrogen) atoms. The summed E-state index contributed by atoms with van der Waals surface area (Å²) in [6.45, 7) is 0. The molecule has 0 saturated carbocycles. The summed E-state index contributed by atoms with van der Waals surface area (Å²) in [6, 6.07) is 9.74. The fourth-order valence-electron chi connectivity index (χ4n) is 1.93. The highest BCUT2D eigenvalue weighted by atomic mass is 79.9. The largest absolute Gasteiger partial charge is 0.398 e. The van der Waals surface area contributed by atoms with Gasteiger partial charge in [-0.05, 0) is 72.6 Å². The van der Waals surface area contributed by atoms with Crippen molar-refractivity contribution in [1.29, 1.82) is 0 Å². The first-order valence-corrected chi connectivity index (χ1v) is 7.44. The Kier molecular flexibility index (Phi) is 3.73. The summed E-state index contributed by atoms with van der Waals surface area (Å²) < 4.78 is 16.3. The van der Waals surface area contributed by atoms with Crippen molar-refractivity contribution in [1.82, 2.24) is 20.2 Å². The van der Waals surface area contributed by atoms with Crippen LogP contribution in [0.1, 0.15) is 0 Å². The Hall–Kier alpha value is -1.80. The second kappa shape index (κ2) is 5.53. The van der Waals surface area contributed by atoms with Crippen LogP contribution in [0.2, 0.25) is 0 Å². The zero-order valence-corrected chi connectivity index (χ0v) is 13.6. The molecular formula is C13H8Br2FN5. The maximum atomic E-state index is 13.2. The number of rotatable bonds is 2. The van der Waals surface area contributed by atoms with Crippen LogP contribution in [0.5, 0.6) is 0 Å². The number of benzene rings is 2. The summed E-state index contributed by atoms with van der Waals surface area (Å²) in [5, 5.41) is 11.7. The Labute approximate surface area is 136 Å². The van der Waals surface area contributed by atoms with E-state index in [9.17, 15) is 4.39 Å². The average molecular weight is 413 g/mol. The van der Waals surface area contributed by atoms with Crippen LogP contribution >= 0.6 is 31.9 Å². The van der Waals surface area contributed by atoms with Gasteiger partial charge in [-0.1, -0.05) is 6.07 Å². The van der Waals surface area contributed by atoms with Crippen LogP contribution in [0.4, 0.5) is 10.1 Å². The topological polar surface area (TPSA) is 69.6 Å². The third kappa shape index (κ3) is 2.56. The predicted octanol–water partition coefficient (Wildman–Crippen LogP) is 3.58. The van der Waals surface area contributed by atoms with Gasteiger partial charge in [0.2, 0.25) is 0 Å². The summed E-state index contributed by atoms with van der Waals surface area (Å²) in [4.78, 5) is 0. The number of hydrogen-bond acceptors (Lipinski definition) is 4. The van der Waals surface area contributed by atoms with E-state index in [4.69, 9.17) is 5.73 Å². The van der Waals surface area contributed by atoms with Gasteiger partial charge in [0.05, 0.1) is 5.69 Å². The Morgan fingerprint density at radius 2 is 1.81 bits per heavy atom. The van der Waals surface area contributed by atoms with Crippen molar-refractivity contribution in [2.24, 2.45) is 0 Å². The zero-order chi connectivity index (χ0) is 15.0. The van der Waals surface area contributed by atoms with E-state index in [0.29, 0.717) is 11.4 Å². The molecule has 0 amide bonds. The van der Waals surface area contributed by atoms with Gasteiger partial charge in [-0.2, -0.15) is 4.68 Å². The van der Waals surface area contributed by atoms with Crippen LogP contribution in [-0.4, -0.2) is 20.2 Å². The molecule has 0 bridgehead atoms. The van der Waals surface area contributed by atoms with Gasteiger partial charge in [-0.25, -0.2) is 4.39 Å². The van der Waals surface area contributed by atoms with E-state index in [1.165, 1.54) is 16.8 Å². The van der Waals surface area contributed by atoms with Gasteiger partial charge in [-0.15, -0.1) is 5.10 Å². The standard InChI is InChI=1S/C13H8Br2FN5/c14-9-2-1-3-10(15)12(9)21-13(18-19-20-21)8-5-4-7(16)6-11(8)17/h1-6H,17H2.